The van der Waals surface area contributed by atoms with Gasteiger partial charge in [0, 0.05) is 28.8 Å². The molecule has 2 N–H and O–H groups in total. The Morgan fingerprint density at radius 3 is 2.04 bits per heavy atom. The number of benzene rings is 2. The number of rotatable bonds is 4. The molecule has 0 fully saturated rings. The summed E-state index contributed by atoms with van der Waals surface area (Å²) in [5.41, 5.74) is -2.39. The molecule has 2 amide bonds. The minimum Gasteiger partial charge on any atom is -0.326 e. The Hall–Kier alpha value is -2.48. The highest BCUT2D eigenvalue weighted by Crippen LogP contribution is 2.36. The quantitative estimate of drug-likeness (QED) is 0.761. The molecule has 0 aliphatic heterocycles. The van der Waals surface area contributed by atoms with Crippen molar-refractivity contribution >= 4 is 35.0 Å². The van der Waals surface area contributed by atoms with Gasteiger partial charge in [0.15, 0.2) is 0 Å². The summed E-state index contributed by atoms with van der Waals surface area (Å²) in [5, 5.41) is 5.34. The number of carbonyl (C=O) groups is 2. The maximum absolute atomic E-state index is 12.3. The summed E-state index contributed by atoms with van der Waals surface area (Å²) < 4.78 is 36.9. The van der Waals surface area contributed by atoms with Crippen molar-refractivity contribution in [2.75, 3.05) is 10.6 Å². The van der Waals surface area contributed by atoms with Gasteiger partial charge in [0.25, 0.3) is 5.91 Å². The zero-order chi connectivity index (χ0) is 18.6. The van der Waals surface area contributed by atoms with Crippen LogP contribution in [0, 0.1) is 6.92 Å². The van der Waals surface area contributed by atoms with Gasteiger partial charge in [-0.25, -0.2) is 0 Å². The Kier molecular flexibility index (Phi) is 5.73. The smallest absolute Gasteiger partial charge is 0.326 e. The summed E-state index contributed by atoms with van der Waals surface area (Å²) >= 11 is -0.237. The van der Waals surface area contributed by atoms with E-state index in [4.69, 9.17) is 0 Å². The van der Waals surface area contributed by atoms with E-state index >= 15 is 0 Å². The van der Waals surface area contributed by atoms with E-state index in [0.717, 1.165) is 0 Å². The Morgan fingerprint density at radius 1 is 0.960 bits per heavy atom. The minimum absolute atomic E-state index is 0.00730. The van der Waals surface area contributed by atoms with Crippen LogP contribution < -0.4 is 10.6 Å². The molecule has 0 aliphatic rings. The number of thioether (sulfide) groups is 1. The third-order valence-corrected chi connectivity index (χ3v) is 3.98. The number of halogens is 3. The van der Waals surface area contributed by atoms with Crippen molar-refractivity contribution in [2.24, 2.45) is 0 Å². The first-order valence-corrected chi connectivity index (χ1v) is 8.02. The molecule has 132 valence electrons. The van der Waals surface area contributed by atoms with E-state index in [2.05, 4.69) is 10.6 Å². The average Bonchev–Trinajstić information content (AvgIpc) is 2.50. The highest BCUT2D eigenvalue weighted by atomic mass is 32.2. The van der Waals surface area contributed by atoms with Gasteiger partial charge in [-0.2, -0.15) is 13.2 Å². The summed E-state index contributed by atoms with van der Waals surface area (Å²) in [6, 6.07) is 10.2. The summed E-state index contributed by atoms with van der Waals surface area (Å²) in [6.45, 7) is 3.12. The fourth-order valence-corrected chi connectivity index (χ4v) is 2.64. The number of carbonyl (C=O) groups excluding carboxylic acids is 2. The average molecular weight is 368 g/mol. The molecule has 25 heavy (non-hydrogen) atoms. The fourth-order valence-electron chi connectivity index (χ4n) is 2.10. The Balaban J connectivity index is 2.13. The summed E-state index contributed by atoms with van der Waals surface area (Å²) in [6.07, 6.45) is 0. The van der Waals surface area contributed by atoms with Crippen LogP contribution in [0.1, 0.15) is 22.8 Å². The lowest BCUT2D eigenvalue weighted by molar-refractivity contribution is -0.114. The number of amides is 2. The highest BCUT2D eigenvalue weighted by molar-refractivity contribution is 8.00. The second kappa shape index (κ2) is 7.60. The topological polar surface area (TPSA) is 58.2 Å². The number of anilines is 2. The van der Waals surface area contributed by atoms with E-state index < -0.39 is 11.4 Å². The molecule has 0 radical (unpaired) electrons. The van der Waals surface area contributed by atoms with E-state index in [1.807, 2.05) is 0 Å². The lowest BCUT2D eigenvalue weighted by Crippen LogP contribution is -2.14. The maximum atomic E-state index is 12.3. The van der Waals surface area contributed by atoms with Gasteiger partial charge in [0.05, 0.1) is 0 Å². The highest BCUT2D eigenvalue weighted by Gasteiger charge is 2.29. The zero-order valence-electron chi connectivity index (χ0n) is 13.4. The third kappa shape index (κ3) is 5.53. The molecule has 0 unspecified atom stereocenters. The first kappa shape index (κ1) is 18.9. The Labute approximate surface area is 146 Å². The molecule has 0 atom stereocenters. The number of hydrogen-bond donors (Lipinski definition) is 2. The summed E-state index contributed by atoms with van der Waals surface area (Å²) in [7, 11) is 0. The van der Waals surface area contributed by atoms with Gasteiger partial charge in [0.2, 0.25) is 5.91 Å². The van der Waals surface area contributed by atoms with Gasteiger partial charge in [-0.05, 0) is 60.6 Å². The largest absolute Gasteiger partial charge is 0.446 e. The number of alkyl halides is 3. The van der Waals surface area contributed by atoms with E-state index in [1.165, 1.54) is 31.2 Å². The van der Waals surface area contributed by atoms with Crippen LogP contribution in [0.5, 0.6) is 0 Å². The monoisotopic (exact) mass is 368 g/mol. The van der Waals surface area contributed by atoms with Crippen molar-refractivity contribution in [3.8, 4) is 0 Å². The SMILES string of the molecule is CC(=O)Nc1cccc(NC(=O)c2ccc(SC(F)(F)F)cc2)c1C. The lowest BCUT2D eigenvalue weighted by Gasteiger charge is -2.13. The van der Waals surface area contributed by atoms with Crippen LogP contribution in [0.25, 0.3) is 0 Å². The molecule has 0 saturated carbocycles. The van der Waals surface area contributed by atoms with Crippen LogP contribution in [-0.4, -0.2) is 17.3 Å². The van der Waals surface area contributed by atoms with Gasteiger partial charge in [0.1, 0.15) is 0 Å². The Morgan fingerprint density at radius 2 is 1.52 bits per heavy atom. The number of nitrogens with one attached hydrogen (secondary N) is 2. The van der Waals surface area contributed by atoms with Gasteiger partial charge in [-0.15, -0.1) is 0 Å². The molecular formula is C17H15F3N2O2S. The van der Waals surface area contributed by atoms with Crippen molar-refractivity contribution in [3.05, 3.63) is 53.6 Å². The normalized spacial score (nSPS) is 11.1. The second-order valence-electron chi connectivity index (χ2n) is 5.19. The molecule has 0 heterocycles. The van der Waals surface area contributed by atoms with Gasteiger partial charge < -0.3 is 10.6 Å². The molecule has 0 saturated heterocycles. The summed E-state index contributed by atoms with van der Waals surface area (Å²) in [5.74, 6) is -0.684. The number of hydrogen-bond acceptors (Lipinski definition) is 3. The van der Waals surface area contributed by atoms with Crippen LogP contribution in [-0.2, 0) is 4.79 Å². The van der Waals surface area contributed by atoms with E-state index in [1.54, 1.807) is 25.1 Å². The van der Waals surface area contributed by atoms with Gasteiger partial charge in [-0.3, -0.25) is 9.59 Å². The molecular weight excluding hydrogens is 353 g/mol. The van der Waals surface area contributed by atoms with Crippen LogP contribution >= 0.6 is 11.8 Å². The Bertz CT molecular complexity index is 789. The molecule has 2 rings (SSSR count). The van der Waals surface area contributed by atoms with Crippen LogP contribution in [0.2, 0.25) is 0 Å². The van der Waals surface area contributed by atoms with E-state index in [0.29, 0.717) is 16.9 Å². The summed E-state index contributed by atoms with van der Waals surface area (Å²) in [4.78, 5) is 23.4. The van der Waals surface area contributed by atoms with Crippen LogP contribution in [0.15, 0.2) is 47.4 Å². The lowest BCUT2D eigenvalue weighted by atomic mass is 10.1. The molecule has 0 aliphatic carbocycles. The minimum atomic E-state index is -4.37. The van der Waals surface area contributed by atoms with Crippen LogP contribution in [0.4, 0.5) is 24.5 Å². The molecule has 2 aromatic carbocycles. The predicted molar refractivity (Wildman–Crippen MR) is 91.8 cm³/mol. The first-order chi connectivity index (χ1) is 11.7. The molecule has 0 bridgehead atoms. The van der Waals surface area contributed by atoms with Crippen molar-refractivity contribution in [1.29, 1.82) is 0 Å². The molecule has 2 aromatic rings. The van der Waals surface area contributed by atoms with Crippen LogP contribution in [0.3, 0.4) is 0 Å². The van der Waals surface area contributed by atoms with E-state index in [9.17, 15) is 22.8 Å². The van der Waals surface area contributed by atoms with Crippen molar-refractivity contribution < 1.29 is 22.8 Å². The van der Waals surface area contributed by atoms with Gasteiger partial charge in [-0.1, -0.05) is 6.07 Å². The molecule has 0 spiro atoms. The van der Waals surface area contributed by atoms with Crippen molar-refractivity contribution in [2.45, 2.75) is 24.3 Å². The van der Waals surface area contributed by atoms with Crippen molar-refractivity contribution in [3.63, 3.8) is 0 Å². The molecule has 4 nitrogen and oxygen atoms in total. The molecule has 8 heteroatoms. The second-order valence-corrected chi connectivity index (χ2v) is 6.32. The zero-order valence-corrected chi connectivity index (χ0v) is 14.2. The fraction of sp³-hybridized carbons (Fsp3) is 0.176. The molecule has 0 aromatic heterocycles. The third-order valence-electron chi connectivity index (χ3n) is 3.24. The standard InChI is InChI=1S/C17H15F3N2O2S/c1-10-14(21-11(2)23)4-3-5-15(10)22-16(24)12-6-8-13(9-7-12)25-17(18,19)20/h3-9H,1-2H3,(H,21,23)(H,22,24). The van der Waals surface area contributed by atoms with Gasteiger partial charge >= 0.3 is 5.51 Å². The van der Waals surface area contributed by atoms with E-state index in [-0.39, 0.29) is 28.1 Å². The maximum Gasteiger partial charge on any atom is 0.446 e. The predicted octanol–water partition coefficient (Wildman–Crippen LogP) is 4.82. The van der Waals surface area contributed by atoms with Crippen molar-refractivity contribution in [1.82, 2.24) is 0 Å². The first-order valence-electron chi connectivity index (χ1n) is 7.20.